The van der Waals surface area contributed by atoms with E-state index in [1.807, 2.05) is 32.9 Å². The van der Waals surface area contributed by atoms with Crippen LogP contribution in [0.15, 0.2) is 24.3 Å². The van der Waals surface area contributed by atoms with Crippen LogP contribution in [0.3, 0.4) is 0 Å². The monoisotopic (exact) mass is 353 g/mol. The molecule has 1 aliphatic heterocycles. The first-order valence-corrected chi connectivity index (χ1v) is 8.32. The van der Waals surface area contributed by atoms with Crippen LogP contribution < -0.4 is 5.73 Å². The number of rotatable bonds is 3. The van der Waals surface area contributed by atoms with Crippen LogP contribution in [0.2, 0.25) is 5.02 Å². The van der Waals surface area contributed by atoms with Crippen molar-refractivity contribution in [3.63, 3.8) is 0 Å². The Morgan fingerprint density at radius 2 is 1.96 bits per heavy atom. The van der Waals surface area contributed by atoms with Gasteiger partial charge in [0.05, 0.1) is 6.04 Å². The molecule has 1 fully saturated rings. The minimum Gasteiger partial charge on any atom is -0.444 e. The van der Waals surface area contributed by atoms with Crippen molar-refractivity contribution < 1.29 is 14.3 Å². The number of likely N-dealkylation sites (tertiary alicyclic amines) is 1. The van der Waals surface area contributed by atoms with E-state index < -0.39 is 11.6 Å². The number of hydrogen-bond acceptors (Lipinski definition) is 3. The Balaban J connectivity index is 2.01. The minimum atomic E-state index is -0.540. The standard InChI is InChI=1S/C17H24ClN3O3/c1-17(2,3)24-16(23)20-9-8-14(11-20)21(15(19)22)10-12-4-6-13(18)7-5-12/h4-7,14H,8-11H2,1-3H3,(H2,19,22). The zero-order chi connectivity index (χ0) is 17.9. The molecule has 7 heteroatoms. The van der Waals surface area contributed by atoms with Crippen molar-refractivity contribution in [3.8, 4) is 0 Å². The van der Waals surface area contributed by atoms with Gasteiger partial charge in [-0.3, -0.25) is 0 Å². The van der Waals surface area contributed by atoms with E-state index in [9.17, 15) is 9.59 Å². The highest BCUT2D eigenvalue weighted by Crippen LogP contribution is 2.21. The fraction of sp³-hybridized carbons (Fsp3) is 0.529. The summed E-state index contributed by atoms with van der Waals surface area (Å²) in [6.45, 7) is 6.84. The molecule has 1 atom stereocenters. The van der Waals surface area contributed by atoms with Gasteiger partial charge in [0.1, 0.15) is 5.60 Å². The molecule has 1 aromatic carbocycles. The van der Waals surface area contributed by atoms with Gasteiger partial charge in [0.15, 0.2) is 0 Å². The van der Waals surface area contributed by atoms with E-state index >= 15 is 0 Å². The number of urea groups is 1. The third-order valence-electron chi connectivity index (χ3n) is 3.81. The van der Waals surface area contributed by atoms with Crippen molar-refractivity contribution in [2.45, 2.75) is 45.4 Å². The fourth-order valence-electron chi connectivity index (χ4n) is 2.66. The van der Waals surface area contributed by atoms with E-state index in [0.717, 1.165) is 5.56 Å². The summed E-state index contributed by atoms with van der Waals surface area (Å²) < 4.78 is 5.38. The van der Waals surface area contributed by atoms with Gasteiger partial charge < -0.3 is 20.3 Å². The van der Waals surface area contributed by atoms with Gasteiger partial charge in [0, 0.05) is 24.7 Å². The number of ether oxygens (including phenoxy) is 1. The number of carbonyl (C=O) groups is 2. The van der Waals surface area contributed by atoms with E-state index in [4.69, 9.17) is 22.1 Å². The minimum absolute atomic E-state index is 0.120. The molecule has 6 nitrogen and oxygen atoms in total. The second-order valence-electron chi connectivity index (χ2n) is 6.96. The van der Waals surface area contributed by atoms with Crippen molar-refractivity contribution in [3.05, 3.63) is 34.9 Å². The molecule has 0 aliphatic carbocycles. The lowest BCUT2D eigenvalue weighted by Gasteiger charge is -2.28. The molecule has 132 valence electrons. The number of hydrogen-bond donors (Lipinski definition) is 1. The summed E-state index contributed by atoms with van der Waals surface area (Å²) >= 11 is 5.88. The Morgan fingerprint density at radius 1 is 1.33 bits per heavy atom. The smallest absolute Gasteiger partial charge is 0.410 e. The van der Waals surface area contributed by atoms with Crippen LogP contribution in [0.4, 0.5) is 9.59 Å². The van der Waals surface area contributed by atoms with Gasteiger partial charge in [-0.25, -0.2) is 9.59 Å². The van der Waals surface area contributed by atoms with Gasteiger partial charge in [0.25, 0.3) is 0 Å². The Morgan fingerprint density at radius 3 is 2.50 bits per heavy atom. The summed E-state index contributed by atoms with van der Waals surface area (Å²) in [5.74, 6) is 0. The van der Waals surface area contributed by atoms with E-state index in [1.54, 1.807) is 21.9 Å². The molecule has 0 spiro atoms. The Bertz CT molecular complexity index is 598. The van der Waals surface area contributed by atoms with E-state index in [2.05, 4.69) is 0 Å². The predicted molar refractivity (Wildman–Crippen MR) is 92.8 cm³/mol. The highest BCUT2D eigenvalue weighted by atomic mass is 35.5. The largest absolute Gasteiger partial charge is 0.444 e. The average Bonchev–Trinajstić information content (AvgIpc) is 2.94. The van der Waals surface area contributed by atoms with Crippen molar-refractivity contribution in [2.75, 3.05) is 13.1 Å². The van der Waals surface area contributed by atoms with Crippen LogP contribution in [0.1, 0.15) is 32.8 Å². The summed E-state index contributed by atoms with van der Waals surface area (Å²) in [6.07, 6.45) is 0.316. The summed E-state index contributed by atoms with van der Waals surface area (Å²) in [5.41, 5.74) is 5.94. The molecule has 0 bridgehead atoms. The maximum Gasteiger partial charge on any atom is 0.410 e. The maximum absolute atomic E-state index is 12.1. The lowest BCUT2D eigenvalue weighted by molar-refractivity contribution is 0.0282. The molecule has 2 N–H and O–H groups in total. The lowest BCUT2D eigenvalue weighted by atomic mass is 10.1. The molecule has 24 heavy (non-hydrogen) atoms. The highest BCUT2D eigenvalue weighted by molar-refractivity contribution is 6.30. The molecule has 0 aromatic heterocycles. The third-order valence-corrected chi connectivity index (χ3v) is 4.06. The Labute approximate surface area is 147 Å². The van der Waals surface area contributed by atoms with Crippen LogP contribution in [0.25, 0.3) is 0 Å². The normalized spacial score (nSPS) is 17.7. The van der Waals surface area contributed by atoms with Gasteiger partial charge in [0.2, 0.25) is 0 Å². The second kappa shape index (κ2) is 7.30. The zero-order valence-corrected chi connectivity index (χ0v) is 15.0. The average molecular weight is 354 g/mol. The van der Waals surface area contributed by atoms with Crippen molar-refractivity contribution >= 4 is 23.7 Å². The molecule has 0 saturated carbocycles. The maximum atomic E-state index is 12.1. The van der Waals surface area contributed by atoms with Crippen LogP contribution in [0, 0.1) is 0 Å². The van der Waals surface area contributed by atoms with Gasteiger partial charge in [-0.1, -0.05) is 23.7 Å². The first-order chi connectivity index (χ1) is 11.2. The molecule has 1 heterocycles. The molecule has 1 aromatic rings. The quantitative estimate of drug-likeness (QED) is 0.906. The fourth-order valence-corrected chi connectivity index (χ4v) is 2.79. The molecular weight excluding hydrogens is 330 g/mol. The van der Waals surface area contributed by atoms with Crippen LogP contribution in [-0.2, 0) is 11.3 Å². The van der Waals surface area contributed by atoms with Crippen molar-refractivity contribution in [2.24, 2.45) is 5.73 Å². The molecule has 1 saturated heterocycles. The molecule has 2 rings (SSSR count). The predicted octanol–water partition coefficient (Wildman–Crippen LogP) is 3.23. The number of halogens is 1. The summed E-state index contributed by atoms with van der Waals surface area (Å²) in [7, 11) is 0. The SMILES string of the molecule is CC(C)(C)OC(=O)N1CCC(N(Cc2ccc(Cl)cc2)C(N)=O)C1. The highest BCUT2D eigenvalue weighted by Gasteiger charge is 2.34. The topological polar surface area (TPSA) is 75.9 Å². The van der Waals surface area contributed by atoms with E-state index in [1.165, 1.54) is 0 Å². The number of nitrogens with two attached hydrogens (primary N) is 1. The van der Waals surface area contributed by atoms with E-state index in [-0.39, 0.29) is 12.1 Å². The molecule has 3 amide bonds. The molecule has 1 aliphatic rings. The zero-order valence-electron chi connectivity index (χ0n) is 14.3. The van der Waals surface area contributed by atoms with Gasteiger partial charge >= 0.3 is 12.1 Å². The number of carbonyl (C=O) groups excluding carboxylic acids is 2. The molecule has 0 radical (unpaired) electrons. The van der Waals surface area contributed by atoms with E-state index in [0.29, 0.717) is 31.1 Å². The number of benzene rings is 1. The number of amides is 3. The molecule has 1 unspecified atom stereocenters. The number of primary amides is 1. The van der Waals surface area contributed by atoms with Crippen LogP contribution in [-0.4, -0.2) is 46.7 Å². The lowest BCUT2D eigenvalue weighted by Crippen LogP contribution is -2.45. The molecular formula is C17H24ClN3O3. The third kappa shape index (κ3) is 5.03. The van der Waals surface area contributed by atoms with Crippen LogP contribution >= 0.6 is 11.6 Å². The van der Waals surface area contributed by atoms with Gasteiger partial charge in [-0.05, 0) is 44.9 Å². The second-order valence-corrected chi connectivity index (χ2v) is 7.40. The van der Waals surface area contributed by atoms with Crippen molar-refractivity contribution in [1.82, 2.24) is 9.80 Å². The summed E-state index contributed by atoms with van der Waals surface area (Å²) in [6, 6.07) is 6.65. The Hall–Kier alpha value is -1.95. The first-order valence-electron chi connectivity index (χ1n) is 7.94. The Kier molecular flexibility index (Phi) is 5.59. The van der Waals surface area contributed by atoms with Gasteiger partial charge in [-0.2, -0.15) is 0 Å². The summed E-state index contributed by atoms with van der Waals surface area (Å²) in [4.78, 5) is 27.2. The van der Waals surface area contributed by atoms with Crippen molar-refractivity contribution in [1.29, 1.82) is 0 Å². The number of nitrogens with zero attached hydrogens (tertiary/aromatic N) is 2. The first kappa shape index (κ1) is 18.4. The van der Waals surface area contributed by atoms with Gasteiger partial charge in [-0.15, -0.1) is 0 Å². The summed E-state index contributed by atoms with van der Waals surface area (Å²) in [5, 5.41) is 0.640. The van der Waals surface area contributed by atoms with Crippen LogP contribution in [0.5, 0.6) is 0 Å².